The molecule has 1 heterocycles. The van der Waals surface area contributed by atoms with Gasteiger partial charge in [0.15, 0.2) is 0 Å². The molecule has 7 nitrogen and oxygen atoms in total. The van der Waals surface area contributed by atoms with Crippen LogP contribution in [-0.4, -0.2) is 46.9 Å². The van der Waals surface area contributed by atoms with Gasteiger partial charge in [-0.1, -0.05) is 31.2 Å². The van der Waals surface area contributed by atoms with E-state index in [0.717, 1.165) is 47.3 Å². The first-order chi connectivity index (χ1) is 14.9. The Hall–Kier alpha value is -1.48. The summed E-state index contributed by atoms with van der Waals surface area (Å²) in [7, 11) is 3.85. The molecule has 0 saturated heterocycles. The summed E-state index contributed by atoms with van der Waals surface area (Å²) in [5.41, 5.74) is 12.9. The van der Waals surface area contributed by atoms with Crippen LogP contribution in [0.3, 0.4) is 0 Å². The van der Waals surface area contributed by atoms with E-state index in [0.29, 0.717) is 18.3 Å². The molecular formula is C23H40N6OS. The minimum Gasteiger partial charge on any atom is -0.489 e. The molecule has 0 atom stereocenters. The van der Waals surface area contributed by atoms with Crippen LogP contribution in [0.4, 0.5) is 0 Å². The molecule has 3 rings (SSSR count). The smallest absolute Gasteiger partial charge is 0.140 e. The number of rotatable bonds is 10. The molecule has 0 amide bonds. The molecule has 8 heteroatoms. The summed E-state index contributed by atoms with van der Waals surface area (Å²) in [5, 5.41) is 1.57. The lowest BCUT2D eigenvalue weighted by atomic mass is 9.98. The Morgan fingerprint density at radius 2 is 1.81 bits per heavy atom. The zero-order valence-corrected chi connectivity index (χ0v) is 20.2. The zero-order chi connectivity index (χ0) is 22.2. The average molecular weight is 449 g/mol. The van der Waals surface area contributed by atoms with Crippen molar-refractivity contribution >= 4 is 17.6 Å². The number of nitrogens with two attached hydrogens (primary N) is 2. The van der Waals surface area contributed by atoms with E-state index >= 15 is 0 Å². The van der Waals surface area contributed by atoms with E-state index in [2.05, 4.69) is 9.84 Å². The summed E-state index contributed by atoms with van der Waals surface area (Å²) >= 11 is 1.82. The van der Waals surface area contributed by atoms with E-state index < -0.39 is 0 Å². The van der Waals surface area contributed by atoms with Crippen LogP contribution >= 0.6 is 11.9 Å². The van der Waals surface area contributed by atoms with Gasteiger partial charge in [0.05, 0.1) is 35.4 Å². The maximum atomic E-state index is 6.49. The van der Waals surface area contributed by atoms with E-state index in [-0.39, 0.29) is 0 Å². The highest BCUT2D eigenvalue weighted by Gasteiger charge is 2.18. The predicted molar refractivity (Wildman–Crippen MR) is 130 cm³/mol. The summed E-state index contributed by atoms with van der Waals surface area (Å²) in [6, 6.07) is 3.92. The molecule has 2 fully saturated rings. The number of hydrazine groups is 2. The summed E-state index contributed by atoms with van der Waals surface area (Å²) in [6.07, 6.45) is 11.8. The molecule has 0 unspecified atom stereocenters. The van der Waals surface area contributed by atoms with Crippen molar-refractivity contribution in [2.75, 3.05) is 26.4 Å². The highest BCUT2D eigenvalue weighted by Crippen LogP contribution is 2.28. The maximum absolute atomic E-state index is 6.49. The van der Waals surface area contributed by atoms with Crippen LogP contribution in [0.5, 0.6) is 5.75 Å². The molecular weight excluding hydrogens is 408 g/mol. The molecule has 0 aliphatic heterocycles. The van der Waals surface area contributed by atoms with Crippen molar-refractivity contribution in [1.82, 2.24) is 19.8 Å². The molecule has 5 N–H and O–H groups in total. The second kappa shape index (κ2) is 11.9. The van der Waals surface area contributed by atoms with Gasteiger partial charge in [-0.2, -0.15) is 4.41 Å². The van der Waals surface area contributed by atoms with Gasteiger partial charge in [0, 0.05) is 19.8 Å². The van der Waals surface area contributed by atoms with Crippen LogP contribution in [0, 0.1) is 12.8 Å². The lowest BCUT2D eigenvalue weighted by Gasteiger charge is -2.25. The number of nitrogens with one attached hydrogen (secondary N) is 1. The summed E-state index contributed by atoms with van der Waals surface area (Å²) in [4.78, 5) is 4.72. The van der Waals surface area contributed by atoms with Crippen LogP contribution in [0.15, 0.2) is 17.8 Å². The number of hydrogen-bond donors (Lipinski definition) is 3. The quantitative estimate of drug-likeness (QED) is 0.283. The van der Waals surface area contributed by atoms with E-state index in [1.54, 1.807) is 5.01 Å². The minimum atomic E-state index is 0.306. The number of aryl methyl sites for hydroxylation is 1. The first-order valence-corrected chi connectivity index (χ1v) is 12.6. The van der Waals surface area contributed by atoms with Crippen molar-refractivity contribution in [1.29, 1.82) is 0 Å². The van der Waals surface area contributed by atoms with E-state index in [1.807, 2.05) is 45.1 Å². The Labute approximate surface area is 192 Å². The Balaban J connectivity index is 1.60. The van der Waals surface area contributed by atoms with Crippen LogP contribution < -0.4 is 21.7 Å². The highest BCUT2D eigenvalue weighted by atomic mass is 32.2. The minimum absolute atomic E-state index is 0.306. The van der Waals surface area contributed by atoms with Gasteiger partial charge < -0.3 is 15.5 Å². The van der Waals surface area contributed by atoms with Crippen molar-refractivity contribution in [3.05, 3.63) is 29.2 Å². The number of nitrogens with zero attached hydrogens (tertiary/aromatic N) is 3. The van der Waals surface area contributed by atoms with Crippen LogP contribution in [0.1, 0.15) is 69.2 Å². The average Bonchev–Trinajstić information content (AvgIpc) is 3.28. The lowest BCUT2D eigenvalue weighted by Crippen LogP contribution is -2.38. The molecule has 2 aliphatic carbocycles. The molecule has 0 spiro atoms. The second-order valence-corrected chi connectivity index (χ2v) is 10.0. The van der Waals surface area contributed by atoms with Gasteiger partial charge in [-0.25, -0.2) is 16.3 Å². The molecule has 2 saturated carbocycles. The van der Waals surface area contributed by atoms with Gasteiger partial charge >= 0.3 is 0 Å². The normalized spacial score (nSPS) is 19.0. The third-order valence-electron chi connectivity index (χ3n) is 6.34. The highest BCUT2D eigenvalue weighted by molar-refractivity contribution is 7.96. The molecule has 1 aromatic rings. The van der Waals surface area contributed by atoms with Crippen molar-refractivity contribution in [3.8, 4) is 5.75 Å². The van der Waals surface area contributed by atoms with Crippen molar-refractivity contribution < 1.29 is 4.74 Å². The molecule has 31 heavy (non-hydrogen) atoms. The van der Waals surface area contributed by atoms with Crippen molar-refractivity contribution in [2.45, 2.75) is 70.8 Å². The second-order valence-electron chi connectivity index (χ2n) is 8.91. The lowest BCUT2D eigenvalue weighted by molar-refractivity contribution is 0.153. The number of ether oxygens (including phenoxy) is 1. The first kappa shape index (κ1) is 24.2. The Kier molecular flexibility index (Phi) is 9.31. The standard InChI is InChI=1S/C23H40N6OS/c1-17-22(30-19-11-5-4-6-12-19)14-13-20(27-17)23(24)21(28(2)25)15-26-29(3)31-16-18-9-7-8-10-18/h13-14,18-19,26H,4-12,15-16,24-25H2,1-3H3/b23-21-. The first-order valence-electron chi connectivity index (χ1n) is 11.7. The van der Waals surface area contributed by atoms with E-state index in [9.17, 15) is 0 Å². The molecule has 1 aromatic heterocycles. The van der Waals surface area contributed by atoms with Gasteiger partial charge in [-0.05, 0) is 63.5 Å². The van der Waals surface area contributed by atoms with Gasteiger partial charge in [-0.15, -0.1) is 0 Å². The fourth-order valence-corrected chi connectivity index (χ4v) is 5.29. The molecule has 0 bridgehead atoms. The summed E-state index contributed by atoms with van der Waals surface area (Å²) in [5.74, 6) is 8.95. The fourth-order valence-electron chi connectivity index (χ4n) is 4.37. The maximum Gasteiger partial charge on any atom is 0.140 e. The van der Waals surface area contributed by atoms with Gasteiger partial charge in [0.2, 0.25) is 0 Å². The molecule has 0 aromatic carbocycles. The molecule has 2 aliphatic rings. The largest absolute Gasteiger partial charge is 0.489 e. The van der Waals surface area contributed by atoms with Crippen LogP contribution in [0.2, 0.25) is 0 Å². The monoisotopic (exact) mass is 448 g/mol. The van der Waals surface area contributed by atoms with Crippen molar-refractivity contribution in [2.24, 2.45) is 17.5 Å². The third kappa shape index (κ3) is 7.27. The number of pyridine rings is 1. The van der Waals surface area contributed by atoms with Crippen molar-refractivity contribution in [3.63, 3.8) is 0 Å². The van der Waals surface area contributed by atoms with Gasteiger partial charge in [-0.3, -0.25) is 0 Å². The predicted octanol–water partition coefficient (Wildman–Crippen LogP) is 3.81. The van der Waals surface area contributed by atoms with Crippen LogP contribution in [0.25, 0.3) is 5.70 Å². The SMILES string of the molecule is Cc1nc(/C(N)=C(\CNN(C)SCC2CCCC2)N(C)N)ccc1OC1CCCCC1. The Morgan fingerprint density at radius 3 is 2.45 bits per heavy atom. The van der Waals surface area contributed by atoms with E-state index in [4.69, 9.17) is 21.3 Å². The molecule has 174 valence electrons. The van der Waals surface area contributed by atoms with Gasteiger partial charge in [0.25, 0.3) is 0 Å². The summed E-state index contributed by atoms with van der Waals surface area (Å²) < 4.78 is 8.26. The third-order valence-corrected chi connectivity index (χ3v) is 7.48. The Morgan fingerprint density at radius 1 is 1.13 bits per heavy atom. The van der Waals surface area contributed by atoms with Gasteiger partial charge in [0.1, 0.15) is 5.75 Å². The van der Waals surface area contributed by atoms with E-state index in [1.165, 1.54) is 44.9 Å². The summed E-state index contributed by atoms with van der Waals surface area (Å²) in [6.45, 7) is 2.51. The Bertz CT molecular complexity index is 729. The number of hydrogen-bond acceptors (Lipinski definition) is 8. The zero-order valence-electron chi connectivity index (χ0n) is 19.4. The van der Waals surface area contributed by atoms with Crippen LogP contribution in [-0.2, 0) is 0 Å². The fraction of sp³-hybridized carbons (Fsp3) is 0.696. The number of likely N-dealkylation sites (N-methyl/N-ethyl adjacent to an activating group) is 1. The topological polar surface area (TPSA) is 92.7 Å². The molecule has 0 radical (unpaired) electrons. The number of aromatic nitrogens is 1.